The van der Waals surface area contributed by atoms with Crippen molar-refractivity contribution >= 4 is 11.3 Å². The van der Waals surface area contributed by atoms with Gasteiger partial charge in [-0.05, 0) is 42.2 Å². The lowest BCUT2D eigenvalue weighted by Gasteiger charge is -2.31. The molecule has 0 aliphatic carbocycles. The normalized spacial score (nSPS) is 19.4. The number of hydrogen-bond acceptors (Lipinski definition) is 5. The van der Waals surface area contributed by atoms with E-state index in [0.29, 0.717) is 0 Å². The molecule has 24 heavy (non-hydrogen) atoms. The topological polar surface area (TPSA) is 28.6 Å². The number of fused-ring (bicyclic) bond motifs is 1. The molecule has 0 aromatic carbocycles. The highest BCUT2D eigenvalue weighted by molar-refractivity contribution is 7.11. The van der Waals surface area contributed by atoms with Crippen LogP contribution < -0.4 is 0 Å². The molecule has 0 radical (unpaired) electrons. The van der Waals surface area contributed by atoms with Gasteiger partial charge in [-0.1, -0.05) is 0 Å². The molecule has 1 saturated heterocycles. The Kier molecular flexibility index (Phi) is 4.94. The average molecular weight is 343 g/mol. The number of pyridine rings is 1. The van der Waals surface area contributed by atoms with Crippen molar-refractivity contribution in [3.63, 3.8) is 0 Å². The van der Waals surface area contributed by atoms with E-state index in [2.05, 4.69) is 46.2 Å². The molecule has 4 rings (SSSR count). The van der Waals surface area contributed by atoms with E-state index in [4.69, 9.17) is 4.74 Å². The van der Waals surface area contributed by atoms with Crippen molar-refractivity contribution in [2.45, 2.75) is 33.0 Å². The zero-order valence-electron chi connectivity index (χ0n) is 14.3. The summed E-state index contributed by atoms with van der Waals surface area (Å²) in [5, 5.41) is 0. The Labute approximate surface area is 148 Å². The standard InChI is InChI=1S/C19H25N3OS/c1-15-2-3-18(24-15)14-22-5-4-19-16(10-20-11-17(19)13-22)12-21-6-8-23-9-7-21/h2-3,10-11H,4-9,12-14H2,1H3. The van der Waals surface area contributed by atoms with Crippen molar-refractivity contribution in [2.75, 3.05) is 32.8 Å². The molecule has 0 spiro atoms. The summed E-state index contributed by atoms with van der Waals surface area (Å²) < 4.78 is 5.46. The maximum atomic E-state index is 5.46. The molecule has 2 aliphatic rings. The number of thiophene rings is 1. The second kappa shape index (κ2) is 7.31. The van der Waals surface area contributed by atoms with Crippen molar-refractivity contribution in [3.05, 3.63) is 51.0 Å². The third-order valence-electron chi connectivity index (χ3n) is 4.98. The van der Waals surface area contributed by atoms with Crippen LogP contribution >= 0.6 is 11.3 Å². The summed E-state index contributed by atoms with van der Waals surface area (Å²) in [7, 11) is 0. The maximum Gasteiger partial charge on any atom is 0.0594 e. The predicted octanol–water partition coefficient (Wildman–Crippen LogP) is 2.84. The molecule has 0 saturated carbocycles. The Hall–Kier alpha value is -1.27. The zero-order valence-corrected chi connectivity index (χ0v) is 15.1. The van der Waals surface area contributed by atoms with Crippen LogP contribution in [0.15, 0.2) is 24.5 Å². The lowest BCUT2D eigenvalue weighted by molar-refractivity contribution is 0.0339. The van der Waals surface area contributed by atoms with Crippen LogP contribution in [0.1, 0.15) is 26.4 Å². The van der Waals surface area contributed by atoms with Crippen LogP contribution in [0, 0.1) is 6.92 Å². The van der Waals surface area contributed by atoms with Crippen LogP contribution in [-0.2, 0) is 30.8 Å². The molecule has 128 valence electrons. The van der Waals surface area contributed by atoms with E-state index >= 15 is 0 Å². The van der Waals surface area contributed by atoms with Gasteiger partial charge in [0.25, 0.3) is 0 Å². The van der Waals surface area contributed by atoms with Gasteiger partial charge in [0.15, 0.2) is 0 Å². The summed E-state index contributed by atoms with van der Waals surface area (Å²) >= 11 is 1.91. The van der Waals surface area contributed by atoms with Crippen LogP contribution in [-0.4, -0.2) is 47.6 Å². The minimum Gasteiger partial charge on any atom is -0.379 e. The van der Waals surface area contributed by atoms with Gasteiger partial charge < -0.3 is 4.74 Å². The minimum atomic E-state index is 0.858. The first-order valence-electron chi connectivity index (χ1n) is 8.80. The van der Waals surface area contributed by atoms with E-state index in [1.165, 1.54) is 26.4 Å². The Balaban J connectivity index is 1.45. The predicted molar refractivity (Wildman–Crippen MR) is 97.2 cm³/mol. The van der Waals surface area contributed by atoms with Gasteiger partial charge in [-0.15, -0.1) is 11.3 Å². The third kappa shape index (κ3) is 3.70. The molecule has 5 heteroatoms. The summed E-state index contributed by atoms with van der Waals surface area (Å²) in [6.07, 6.45) is 5.29. The number of rotatable bonds is 4. The quantitative estimate of drug-likeness (QED) is 0.853. The Bertz CT molecular complexity index is 694. The van der Waals surface area contributed by atoms with Gasteiger partial charge in [-0.3, -0.25) is 14.8 Å². The molecule has 4 heterocycles. The fourth-order valence-electron chi connectivity index (χ4n) is 3.69. The van der Waals surface area contributed by atoms with Crippen molar-refractivity contribution in [3.8, 4) is 0 Å². The number of morpholine rings is 1. The minimum absolute atomic E-state index is 0.858. The van der Waals surface area contributed by atoms with E-state index in [9.17, 15) is 0 Å². The van der Waals surface area contributed by atoms with E-state index in [-0.39, 0.29) is 0 Å². The van der Waals surface area contributed by atoms with Crippen LogP contribution in [0.25, 0.3) is 0 Å². The van der Waals surface area contributed by atoms with Crippen molar-refractivity contribution in [2.24, 2.45) is 0 Å². The number of ether oxygens (including phenoxy) is 1. The monoisotopic (exact) mass is 343 g/mol. The maximum absolute atomic E-state index is 5.46. The first-order valence-corrected chi connectivity index (χ1v) is 9.62. The lowest BCUT2D eigenvalue weighted by Crippen LogP contribution is -2.36. The van der Waals surface area contributed by atoms with Gasteiger partial charge in [0.1, 0.15) is 0 Å². The molecule has 4 nitrogen and oxygen atoms in total. The van der Waals surface area contributed by atoms with E-state index < -0.39 is 0 Å². The highest BCUT2D eigenvalue weighted by atomic mass is 32.1. The first-order chi connectivity index (χ1) is 11.8. The lowest BCUT2D eigenvalue weighted by atomic mass is 9.96. The number of hydrogen-bond donors (Lipinski definition) is 0. The fraction of sp³-hybridized carbons (Fsp3) is 0.526. The second-order valence-electron chi connectivity index (χ2n) is 6.80. The van der Waals surface area contributed by atoms with Gasteiger partial charge in [0, 0.05) is 61.4 Å². The molecule has 0 atom stereocenters. The summed E-state index contributed by atoms with van der Waals surface area (Å²) in [4.78, 5) is 12.4. The highest BCUT2D eigenvalue weighted by Gasteiger charge is 2.21. The Morgan fingerprint density at radius 1 is 1.08 bits per heavy atom. The summed E-state index contributed by atoms with van der Waals surface area (Å²) in [5.74, 6) is 0. The second-order valence-corrected chi connectivity index (χ2v) is 8.17. The molecular weight excluding hydrogens is 318 g/mol. The van der Waals surface area contributed by atoms with Crippen LogP contribution in [0.3, 0.4) is 0 Å². The Morgan fingerprint density at radius 2 is 1.96 bits per heavy atom. The first kappa shape index (κ1) is 16.2. The molecule has 1 fully saturated rings. The molecule has 2 aromatic heterocycles. The van der Waals surface area contributed by atoms with Crippen LogP contribution in [0.4, 0.5) is 0 Å². The van der Waals surface area contributed by atoms with Crippen LogP contribution in [0.2, 0.25) is 0 Å². The van der Waals surface area contributed by atoms with E-state index in [1.54, 1.807) is 0 Å². The van der Waals surface area contributed by atoms with Crippen molar-refractivity contribution in [1.29, 1.82) is 0 Å². The number of aromatic nitrogens is 1. The molecule has 2 aliphatic heterocycles. The number of nitrogens with zero attached hydrogens (tertiary/aromatic N) is 3. The molecule has 0 bridgehead atoms. The molecule has 2 aromatic rings. The molecule has 0 unspecified atom stereocenters. The number of aryl methyl sites for hydroxylation is 1. The van der Waals surface area contributed by atoms with E-state index in [0.717, 1.165) is 58.9 Å². The third-order valence-corrected chi connectivity index (χ3v) is 5.97. The van der Waals surface area contributed by atoms with Gasteiger partial charge in [-0.2, -0.15) is 0 Å². The van der Waals surface area contributed by atoms with Crippen molar-refractivity contribution in [1.82, 2.24) is 14.8 Å². The summed E-state index contributed by atoms with van der Waals surface area (Å²) in [6, 6.07) is 4.49. The van der Waals surface area contributed by atoms with Crippen LogP contribution in [0.5, 0.6) is 0 Å². The largest absolute Gasteiger partial charge is 0.379 e. The van der Waals surface area contributed by atoms with Gasteiger partial charge >= 0.3 is 0 Å². The smallest absolute Gasteiger partial charge is 0.0594 e. The van der Waals surface area contributed by atoms with Gasteiger partial charge in [-0.25, -0.2) is 0 Å². The zero-order chi connectivity index (χ0) is 16.4. The van der Waals surface area contributed by atoms with E-state index in [1.807, 2.05) is 11.3 Å². The Morgan fingerprint density at radius 3 is 2.75 bits per heavy atom. The molecular formula is C19H25N3OS. The molecule has 0 N–H and O–H groups in total. The SMILES string of the molecule is Cc1ccc(CN2CCc3c(CN4CCOCC4)cncc3C2)s1. The molecule has 0 amide bonds. The highest BCUT2D eigenvalue weighted by Crippen LogP contribution is 2.25. The summed E-state index contributed by atoms with van der Waals surface area (Å²) in [6.45, 7) is 10.2. The fourth-order valence-corrected chi connectivity index (χ4v) is 4.62. The van der Waals surface area contributed by atoms with Gasteiger partial charge in [0.05, 0.1) is 13.2 Å². The van der Waals surface area contributed by atoms with Crippen molar-refractivity contribution < 1.29 is 4.74 Å². The average Bonchev–Trinajstić information content (AvgIpc) is 3.01. The van der Waals surface area contributed by atoms with Gasteiger partial charge in [0.2, 0.25) is 0 Å². The summed E-state index contributed by atoms with van der Waals surface area (Å²) in [5.41, 5.74) is 4.37.